The summed E-state index contributed by atoms with van der Waals surface area (Å²) in [7, 11) is -3.45. The third-order valence-electron chi connectivity index (χ3n) is 4.32. The molecule has 7 nitrogen and oxygen atoms in total. The topological polar surface area (TPSA) is 92.5 Å². The number of aromatic nitrogens is 1. The van der Waals surface area contributed by atoms with Crippen molar-refractivity contribution in [1.82, 2.24) is 9.46 Å². The molecule has 0 unspecified atom stereocenters. The van der Waals surface area contributed by atoms with Gasteiger partial charge in [-0.1, -0.05) is 23.4 Å². The molecule has 1 aromatic heterocycles. The van der Waals surface area contributed by atoms with Gasteiger partial charge in [-0.3, -0.25) is 4.79 Å². The smallest absolute Gasteiger partial charge is 0.243 e. The van der Waals surface area contributed by atoms with Crippen molar-refractivity contribution in [2.24, 2.45) is 5.92 Å². The van der Waals surface area contributed by atoms with Crippen molar-refractivity contribution in [3.63, 3.8) is 0 Å². The summed E-state index contributed by atoms with van der Waals surface area (Å²) in [6.45, 7) is 2.61. The van der Waals surface area contributed by atoms with E-state index in [1.807, 2.05) is 0 Å². The van der Waals surface area contributed by atoms with Crippen LogP contribution < -0.4 is 5.32 Å². The summed E-state index contributed by atoms with van der Waals surface area (Å²) in [5.74, 6) is 1.08. The van der Waals surface area contributed by atoms with Gasteiger partial charge in [0.1, 0.15) is 5.76 Å². The zero-order valence-corrected chi connectivity index (χ0v) is 14.8. The highest BCUT2D eigenvalue weighted by atomic mass is 32.2. The van der Waals surface area contributed by atoms with Crippen molar-refractivity contribution in [2.75, 3.05) is 18.4 Å². The number of anilines is 1. The van der Waals surface area contributed by atoms with Crippen molar-refractivity contribution >= 4 is 21.7 Å². The highest BCUT2D eigenvalue weighted by Crippen LogP contribution is 2.26. The van der Waals surface area contributed by atoms with Gasteiger partial charge in [-0.05, 0) is 37.8 Å². The lowest BCUT2D eigenvalue weighted by Gasteiger charge is -2.30. The zero-order valence-electron chi connectivity index (χ0n) is 14.0. The number of aryl methyl sites for hydroxylation is 1. The summed E-state index contributed by atoms with van der Waals surface area (Å²) in [6, 6.07) is 10.1. The second kappa shape index (κ2) is 7.37. The summed E-state index contributed by atoms with van der Waals surface area (Å²) >= 11 is 0. The normalized spacial score (nSPS) is 16.7. The van der Waals surface area contributed by atoms with E-state index in [9.17, 15) is 13.2 Å². The van der Waals surface area contributed by atoms with Crippen LogP contribution in [0.4, 0.5) is 5.82 Å². The molecule has 1 N–H and O–H groups in total. The third kappa shape index (κ3) is 4.26. The first-order valence-electron chi connectivity index (χ1n) is 8.23. The van der Waals surface area contributed by atoms with Gasteiger partial charge < -0.3 is 9.84 Å². The number of hydrogen-bond donors (Lipinski definition) is 1. The average molecular weight is 363 g/mol. The Morgan fingerprint density at radius 3 is 2.56 bits per heavy atom. The number of sulfonamides is 1. The highest BCUT2D eigenvalue weighted by Gasteiger charge is 2.30. The number of amides is 1. The van der Waals surface area contributed by atoms with Crippen molar-refractivity contribution in [3.05, 3.63) is 42.2 Å². The van der Waals surface area contributed by atoms with E-state index in [-0.39, 0.29) is 11.8 Å². The molecule has 2 heterocycles. The van der Waals surface area contributed by atoms with Gasteiger partial charge in [0.2, 0.25) is 15.9 Å². The molecule has 2 aromatic rings. The van der Waals surface area contributed by atoms with Crippen LogP contribution in [-0.2, 0) is 14.8 Å². The Hall–Kier alpha value is -2.19. The molecule has 1 aliphatic heterocycles. The molecule has 0 bridgehead atoms. The maximum atomic E-state index is 12.6. The molecule has 3 rings (SSSR count). The van der Waals surface area contributed by atoms with Crippen LogP contribution in [0.3, 0.4) is 0 Å². The molecule has 8 heteroatoms. The SMILES string of the molecule is Cc1cc(NC(=O)CC2CCN(S(=O)(=O)c3ccccc3)CC2)no1. The van der Waals surface area contributed by atoms with Gasteiger partial charge in [-0.25, -0.2) is 8.42 Å². The zero-order chi connectivity index (χ0) is 17.9. The fraction of sp³-hybridized carbons (Fsp3) is 0.412. The number of hydrogen-bond acceptors (Lipinski definition) is 5. The molecule has 1 fully saturated rings. The van der Waals surface area contributed by atoms with E-state index in [0.29, 0.717) is 48.8 Å². The van der Waals surface area contributed by atoms with Crippen LogP contribution in [0, 0.1) is 12.8 Å². The highest BCUT2D eigenvalue weighted by molar-refractivity contribution is 7.89. The number of rotatable bonds is 5. The standard InChI is InChI=1S/C17H21N3O4S/c1-13-11-16(19-24-13)18-17(21)12-14-7-9-20(10-8-14)25(22,23)15-5-3-2-4-6-15/h2-6,11,14H,7-10,12H2,1H3,(H,18,19,21). The molecule has 0 spiro atoms. The lowest BCUT2D eigenvalue weighted by atomic mass is 9.94. The van der Waals surface area contributed by atoms with E-state index in [4.69, 9.17) is 4.52 Å². The number of nitrogens with one attached hydrogen (secondary N) is 1. The van der Waals surface area contributed by atoms with Crippen LogP contribution in [0.25, 0.3) is 0 Å². The maximum absolute atomic E-state index is 12.6. The van der Waals surface area contributed by atoms with E-state index in [1.165, 1.54) is 4.31 Å². The van der Waals surface area contributed by atoms with E-state index < -0.39 is 10.0 Å². The first-order chi connectivity index (χ1) is 11.9. The summed E-state index contributed by atoms with van der Waals surface area (Å²) in [4.78, 5) is 12.4. The molecule has 1 saturated heterocycles. The molecule has 134 valence electrons. The van der Waals surface area contributed by atoms with Gasteiger partial charge in [0.05, 0.1) is 4.90 Å². The van der Waals surface area contributed by atoms with Crippen molar-refractivity contribution < 1.29 is 17.7 Å². The molecule has 1 aliphatic rings. The van der Waals surface area contributed by atoms with Crippen molar-refractivity contribution in [3.8, 4) is 0 Å². The fourth-order valence-electron chi connectivity index (χ4n) is 2.98. The number of carbonyl (C=O) groups excluding carboxylic acids is 1. The van der Waals surface area contributed by atoms with Crippen molar-refractivity contribution in [1.29, 1.82) is 0 Å². The van der Waals surface area contributed by atoms with Crippen LogP contribution in [0.15, 0.2) is 45.8 Å². The summed E-state index contributed by atoms with van der Waals surface area (Å²) in [6.07, 6.45) is 1.68. The van der Waals surface area contributed by atoms with Gasteiger partial charge in [-0.15, -0.1) is 0 Å². The molecule has 0 atom stereocenters. The van der Waals surface area contributed by atoms with Gasteiger partial charge in [-0.2, -0.15) is 4.31 Å². The lowest BCUT2D eigenvalue weighted by molar-refractivity contribution is -0.117. The third-order valence-corrected chi connectivity index (χ3v) is 6.24. The predicted octanol–water partition coefficient (Wildman–Crippen LogP) is 2.41. The minimum atomic E-state index is -3.45. The van der Waals surface area contributed by atoms with E-state index >= 15 is 0 Å². The Labute approximate surface area is 147 Å². The van der Waals surface area contributed by atoms with Gasteiger partial charge >= 0.3 is 0 Å². The Kier molecular flexibility index (Phi) is 5.19. The Morgan fingerprint density at radius 1 is 1.28 bits per heavy atom. The van der Waals surface area contributed by atoms with Crippen LogP contribution in [-0.4, -0.2) is 36.9 Å². The number of benzene rings is 1. The molecular formula is C17H21N3O4S. The molecular weight excluding hydrogens is 342 g/mol. The maximum Gasteiger partial charge on any atom is 0.243 e. The molecule has 0 aliphatic carbocycles. The Bertz CT molecular complexity index is 825. The molecule has 0 saturated carbocycles. The monoisotopic (exact) mass is 363 g/mol. The van der Waals surface area contributed by atoms with Crippen LogP contribution in [0.5, 0.6) is 0 Å². The predicted molar refractivity (Wildman–Crippen MR) is 92.4 cm³/mol. The second-order valence-corrected chi connectivity index (χ2v) is 8.17. The molecule has 1 amide bonds. The number of piperidine rings is 1. The van der Waals surface area contributed by atoms with Gasteiger partial charge in [0.25, 0.3) is 0 Å². The Morgan fingerprint density at radius 2 is 1.96 bits per heavy atom. The molecule has 25 heavy (non-hydrogen) atoms. The lowest BCUT2D eigenvalue weighted by Crippen LogP contribution is -2.39. The van der Waals surface area contributed by atoms with Crippen LogP contribution in [0.1, 0.15) is 25.0 Å². The quantitative estimate of drug-likeness (QED) is 0.881. The minimum Gasteiger partial charge on any atom is -0.360 e. The minimum absolute atomic E-state index is 0.127. The Balaban J connectivity index is 1.52. The molecule has 1 aromatic carbocycles. The van der Waals surface area contributed by atoms with E-state index in [0.717, 1.165) is 0 Å². The van der Waals surface area contributed by atoms with Crippen molar-refractivity contribution in [2.45, 2.75) is 31.1 Å². The van der Waals surface area contributed by atoms with E-state index in [1.54, 1.807) is 43.3 Å². The van der Waals surface area contributed by atoms with E-state index in [2.05, 4.69) is 10.5 Å². The van der Waals surface area contributed by atoms with Crippen LogP contribution in [0.2, 0.25) is 0 Å². The number of carbonyl (C=O) groups is 1. The van der Waals surface area contributed by atoms with Gasteiger partial charge in [0.15, 0.2) is 5.82 Å². The first-order valence-corrected chi connectivity index (χ1v) is 9.67. The summed E-state index contributed by atoms with van der Waals surface area (Å²) in [5, 5.41) is 6.43. The fourth-order valence-corrected chi connectivity index (χ4v) is 4.47. The first kappa shape index (κ1) is 17.6. The number of nitrogens with zero attached hydrogens (tertiary/aromatic N) is 2. The average Bonchev–Trinajstić information content (AvgIpc) is 3.01. The van der Waals surface area contributed by atoms with Gasteiger partial charge in [0, 0.05) is 25.6 Å². The molecule has 0 radical (unpaired) electrons. The summed E-state index contributed by atoms with van der Waals surface area (Å²) < 4.78 is 31.6. The van der Waals surface area contributed by atoms with Crippen LogP contribution >= 0.6 is 0 Å². The second-order valence-electron chi connectivity index (χ2n) is 6.24. The summed E-state index contributed by atoms with van der Waals surface area (Å²) in [5.41, 5.74) is 0. The largest absolute Gasteiger partial charge is 0.360 e.